The first-order valence-electron chi connectivity index (χ1n) is 9.12. The summed E-state index contributed by atoms with van der Waals surface area (Å²) in [5.41, 5.74) is 9.35. The van der Waals surface area contributed by atoms with E-state index in [4.69, 9.17) is 5.73 Å². The second-order valence-electron chi connectivity index (χ2n) is 6.79. The monoisotopic (exact) mass is 387 g/mol. The van der Waals surface area contributed by atoms with Crippen LogP contribution in [0, 0.1) is 5.92 Å². The van der Waals surface area contributed by atoms with Crippen molar-refractivity contribution < 1.29 is 9.59 Å². The van der Waals surface area contributed by atoms with E-state index in [1.807, 2.05) is 48.5 Å². The van der Waals surface area contributed by atoms with Gasteiger partial charge in [0.1, 0.15) is 0 Å². The molecule has 3 rings (SSSR count). The highest BCUT2D eigenvalue weighted by atomic mass is 35.5. The Balaban J connectivity index is 0.00000261. The molecule has 2 amide bonds. The third-order valence-corrected chi connectivity index (χ3v) is 4.84. The number of benzene rings is 2. The molecule has 0 radical (unpaired) electrons. The van der Waals surface area contributed by atoms with Crippen molar-refractivity contribution in [2.24, 2.45) is 5.92 Å². The van der Waals surface area contributed by atoms with E-state index >= 15 is 0 Å². The number of amides is 2. The van der Waals surface area contributed by atoms with Crippen LogP contribution in [-0.4, -0.2) is 11.8 Å². The van der Waals surface area contributed by atoms with Crippen LogP contribution in [0.2, 0.25) is 0 Å². The van der Waals surface area contributed by atoms with Gasteiger partial charge < -0.3 is 16.4 Å². The number of hydrogen-bond donors (Lipinski definition) is 3. The summed E-state index contributed by atoms with van der Waals surface area (Å²) >= 11 is 0. The third-order valence-electron chi connectivity index (χ3n) is 4.84. The molecule has 1 saturated carbocycles. The molecule has 144 valence electrons. The van der Waals surface area contributed by atoms with E-state index in [-0.39, 0.29) is 30.1 Å². The third kappa shape index (κ3) is 6.00. The number of nitrogens with one attached hydrogen (secondary N) is 2. The highest BCUT2D eigenvalue weighted by molar-refractivity contribution is 5.93. The zero-order valence-electron chi connectivity index (χ0n) is 15.2. The molecule has 5 nitrogen and oxygen atoms in total. The summed E-state index contributed by atoms with van der Waals surface area (Å²) in [4.78, 5) is 24.1. The quantitative estimate of drug-likeness (QED) is 0.633. The average molecular weight is 388 g/mol. The van der Waals surface area contributed by atoms with Gasteiger partial charge in [-0.05, 0) is 48.6 Å². The van der Waals surface area contributed by atoms with Crippen molar-refractivity contribution >= 4 is 35.6 Å². The van der Waals surface area contributed by atoms with Gasteiger partial charge in [-0.25, -0.2) is 0 Å². The van der Waals surface area contributed by atoms with Crippen molar-refractivity contribution in [3.63, 3.8) is 0 Å². The molecule has 1 aliphatic carbocycles. The molecule has 0 unspecified atom stereocenters. The molecule has 0 heterocycles. The van der Waals surface area contributed by atoms with Gasteiger partial charge in [-0.1, -0.05) is 36.8 Å². The molecule has 4 N–H and O–H groups in total. The summed E-state index contributed by atoms with van der Waals surface area (Å²) in [6.45, 7) is 0.441. The minimum atomic E-state index is -0.0165. The molecule has 1 fully saturated rings. The van der Waals surface area contributed by atoms with E-state index in [2.05, 4.69) is 10.6 Å². The first kappa shape index (κ1) is 20.8. The van der Waals surface area contributed by atoms with Crippen LogP contribution in [0.1, 0.15) is 36.8 Å². The molecule has 1 aliphatic rings. The topological polar surface area (TPSA) is 84.2 Å². The number of aryl methyl sites for hydroxylation is 1. The number of hydrogen-bond acceptors (Lipinski definition) is 3. The minimum Gasteiger partial charge on any atom is -0.399 e. The number of nitrogen functional groups attached to an aromatic ring is 1. The van der Waals surface area contributed by atoms with Crippen LogP contribution in [0.25, 0.3) is 0 Å². The van der Waals surface area contributed by atoms with E-state index < -0.39 is 0 Å². The van der Waals surface area contributed by atoms with Crippen LogP contribution >= 0.6 is 12.4 Å². The number of anilines is 2. The number of carbonyl (C=O) groups is 2. The van der Waals surface area contributed by atoms with E-state index in [0.717, 1.165) is 41.8 Å². The van der Waals surface area contributed by atoms with Gasteiger partial charge in [-0.15, -0.1) is 12.4 Å². The maximum atomic E-state index is 12.1. The molecular weight excluding hydrogens is 362 g/mol. The molecule has 2 aromatic rings. The molecule has 27 heavy (non-hydrogen) atoms. The van der Waals surface area contributed by atoms with Crippen LogP contribution in [0.4, 0.5) is 11.4 Å². The van der Waals surface area contributed by atoms with Crippen molar-refractivity contribution in [2.45, 2.75) is 38.6 Å². The summed E-state index contributed by atoms with van der Waals surface area (Å²) < 4.78 is 0. The Kier molecular flexibility index (Phi) is 7.67. The lowest BCUT2D eigenvalue weighted by Gasteiger charge is -2.24. The molecule has 2 aromatic carbocycles. The Bertz CT molecular complexity index is 791. The Morgan fingerprint density at radius 1 is 1.07 bits per heavy atom. The lowest BCUT2D eigenvalue weighted by Crippen LogP contribution is -2.28. The minimum absolute atomic E-state index is 0. The summed E-state index contributed by atoms with van der Waals surface area (Å²) in [5.74, 6) is 0.235. The predicted molar refractivity (Wildman–Crippen MR) is 111 cm³/mol. The molecule has 0 aliphatic heterocycles. The van der Waals surface area contributed by atoms with Crippen molar-refractivity contribution in [3.8, 4) is 0 Å². The Labute approximate surface area is 166 Å². The maximum Gasteiger partial charge on any atom is 0.227 e. The van der Waals surface area contributed by atoms with Gasteiger partial charge in [-0.3, -0.25) is 9.59 Å². The van der Waals surface area contributed by atoms with E-state index in [1.54, 1.807) is 0 Å². The second-order valence-corrected chi connectivity index (χ2v) is 6.79. The standard InChI is InChI=1S/C21H25N3O2.ClH/c22-19-10-2-1-6-16(19)11-12-20(25)23-14-15-5-3-9-18(13-15)24-21(26)17-7-4-8-17;/h1-3,5-6,9-10,13,17H,4,7-8,11-12,14,22H2,(H,23,25)(H,24,26);1H. The SMILES string of the molecule is Cl.Nc1ccccc1CCC(=O)NCc1cccc(NC(=O)C2CCC2)c1. The highest BCUT2D eigenvalue weighted by Crippen LogP contribution is 2.27. The van der Waals surface area contributed by atoms with Crippen molar-refractivity contribution in [1.29, 1.82) is 0 Å². The molecule has 0 aromatic heterocycles. The number of para-hydroxylation sites is 1. The lowest BCUT2D eigenvalue weighted by atomic mass is 9.85. The molecular formula is C21H26ClN3O2. The number of carbonyl (C=O) groups excluding carboxylic acids is 2. The van der Waals surface area contributed by atoms with Crippen LogP contribution < -0.4 is 16.4 Å². The van der Waals surface area contributed by atoms with Crippen LogP contribution in [0.5, 0.6) is 0 Å². The fraction of sp³-hybridized carbons (Fsp3) is 0.333. The maximum absolute atomic E-state index is 12.1. The zero-order chi connectivity index (χ0) is 18.4. The molecule has 0 saturated heterocycles. The van der Waals surface area contributed by atoms with Gasteiger partial charge in [-0.2, -0.15) is 0 Å². The number of nitrogens with two attached hydrogens (primary N) is 1. The second kappa shape index (κ2) is 9.97. The molecule has 6 heteroatoms. The van der Waals surface area contributed by atoms with E-state index in [0.29, 0.717) is 19.4 Å². The summed E-state index contributed by atoms with van der Waals surface area (Å²) in [6, 6.07) is 15.2. The summed E-state index contributed by atoms with van der Waals surface area (Å²) in [7, 11) is 0. The van der Waals surface area contributed by atoms with Gasteiger partial charge in [0, 0.05) is 30.3 Å². The lowest BCUT2D eigenvalue weighted by molar-refractivity contribution is -0.122. The van der Waals surface area contributed by atoms with Gasteiger partial charge >= 0.3 is 0 Å². The van der Waals surface area contributed by atoms with E-state index in [9.17, 15) is 9.59 Å². The zero-order valence-corrected chi connectivity index (χ0v) is 16.1. The predicted octanol–water partition coefficient (Wildman–Crippen LogP) is 3.68. The van der Waals surface area contributed by atoms with Gasteiger partial charge in [0.05, 0.1) is 0 Å². The molecule has 0 spiro atoms. The highest BCUT2D eigenvalue weighted by Gasteiger charge is 2.25. The fourth-order valence-electron chi connectivity index (χ4n) is 2.97. The smallest absolute Gasteiger partial charge is 0.227 e. The van der Waals surface area contributed by atoms with Crippen molar-refractivity contribution in [3.05, 3.63) is 59.7 Å². The van der Waals surface area contributed by atoms with Crippen molar-refractivity contribution in [2.75, 3.05) is 11.1 Å². The van der Waals surface area contributed by atoms with Crippen LogP contribution in [0.3, 0.4) is 0 Å². The Morgan fingerprint density at radius 2 is 1.85 bits per heavy atom. The Hall–Kier alpha value is -2.53. The first-order valence-corrected chi connectivity index (χ1v) is 9.12. The number of rotatable bonds is 7. The van der Waals surface area contributed by atoms with Gasteiger partial charge in [0.2, 0.25) is 11.8 Å². The van der Waals surface area contributed by atoms with Gasteiger partial charge in [0.15, 0.2) is 0 Å². The average Bonchev–Trinajstić information content (AvgIpc) is 2.58. The van der Waals surface area contributed by atoms with Crippen molar-refractivity contribution in [1.82, 2.24) is 5.32 Å². The normalized spacial score (nSPS) is 13.2. The first-order chi connectivity index (χ1) is 12.6. The summed E-state index contributed by atoms with van der Waals surface area (Å²) in [6.07, 6.45) is 4.11. The van der Waals surface area contributed by atoms with Crippen LogP contribution in [-0.2, 0) is 22.6 Å². The van der Waals surface area contributed by atoms with Crippen LogP contribution in [0.15, 0.2) is 48.5 Å². The summed E-state index contributed by atoms with van der Waals surface area (Å²) in [5, 5.41) is 5.88. The largest absolute Gasteiger partial charge is 0.399 e. The molecule has 0 atom stereocenters. The Morgan fingerprint density at radius 3 is 2.56 bits per heavy atom. The molecule has 0 bridgehead atoms. The fourth-order valence-corrected chi connectivity index (χ4v) is 2.97. The van der Waals surface area contributed by atoms with E-state index in [1.165, 1.54) is 0 Å². The number of halogens is 1. The van der Waals surface area contributed by atoms with Gasteiger partial charge in [0.25, 0.3) is 0 Å².